The Morgan fingerprint density at radius 2 is 1.70 bits per heavy atom. The van der Waals surface area contributed by atoms with Crippen LogP contribution in [0.1, 0.15) is 12.5 Å². The van der Waals surface area contributed by atoms with Crippen LogP contribution < -0.4 is 10.6 Å². The Morgan fingerprint density at radius 3 is 2.37 bits per heavy atom. The fourth-order valence-electron chi connectivity index (χ4n) is 2.75. The van der Waals surface area contributed by atoms with Gasteiger partial charge in [-0.05, 0) is 48.5 Å². The van der Waals surface area contributed by atoms with Gasteiger partial charge in [0.1, 0.15) is 6.04 Å². The molecule has 0 spiro atoms. The minimum Gasteiger partial charge on any atom is -0.326 e. The summed E-state index contributed by atoms with van der Waals surface area (Å²) in [6.07, 6.45) is -0.0646. The molecule has 9 heteroatoms. The predicted octanol–water partition coefficient (Wildman–Crippen LogP) is 3.77. The lowest BCUT2D eigenvalue weighted by Crippen LogP contribution is -2.23. The Bertz CT molecular complexity index is 1020. The number of aromatic nitrogens is 3. The van der Waals surface area contributed by atoms with Crippen molar-refractivity contribution in [2.45, 2.75) is 12.5 Å². The number of fused-ring (bicyclic) bond motifs is 1. The summed E-state index contributed by atoms with van der Waals surface area (Å²) in [5.74, 6) is 0.131. The predicted molar refractivity (Wildman–Crippen MR) is 103 cm³/mol. The van der Waals surface area contributed by atoms with E-state index in [-0.39, 0.29) is 18.2 Å². The van der Waals surface area contributed by atoms with Crippen molar-refractivity contribution in [1.29, 1.82) is 0 Å². The van der Waals surface area contributed by atoms with Gasteiger partial charge in [0.25, 0.3) is 5.91 Å². The number of hydrogen-bond donors (Lipinski definition) is 2. The van der Waals surface area contributed by atoms with Crippen LogP contribution in [0.5, 0.6) is 0 Å². The van der Waals surface area contributed by atoms with Gasteiger partial charge in [0.2, 0.25) is 11.9 Å². The number of carbonyl (C=O) groups is 2. The molecule has 0 aliphatic carbocycles. The first-order valence-corrected chi connectivity index (χ1v) is 8.84. The van der Waals surface area contributed by atoms with Crippen molar-refractivity contribution in [3.8, 4) is 11.4 Å². The molecule has 27 heavy (non-hydrogen) atoms. The third-order valence-electron chi connectivity index (χ3n) is 4.07. The average Bonchev–Trinajstić information content (AvgIpc) is 3.17. The highest BCUT2D eigenvalue weighted by molar-refractivity contribution is 6.30. The van der Waals surface area contributed by atoms with Crippen LogP contribution in [0.2, 0.25) is 10.0 Å². The first kappa shape index (κ1) is 17.5. The molecule has 1 atom stereocenters. The molecule has 0 fully saturated rings. The van der Waals surface area contributed by atoms with Crippen molar-refractivity contribution in [3.63, 3.8) is 0 Å². The van der Waals surface area contributed by atoms with Gasteiger partial charge in [0, 0.05) is 21.3 Å². The van der Waals surface area contributed by atoms with Gasteiger partial charge in [0.05, 0.1) is 6.42 Å². The number of hydrogen-bond acceptors (Lipinski definition) is 4. The monoisotopic (exact) mass is 401 g/mol. The van der Waals surface area contributed by atoms with Crippen LogP contribution in [0, 0.1) is 0 Å². The fourth-order valence-corrected chi connectivity index (χ4v) is 3.00. The van der Waals surface area contributed by atoms with Crippen molar-refractivity contribution in [1.82, 2.24) is 14.8 Å². The van der Waals surface area contributed by atoms with E-state index in [9.17, 15) is 9.59 Å². The highest BCUT2D eigenvalue weighted by atomic mass is 35.5. The van der Waals surface area contributed by atoms with Gasteiger partial charge < -0.3 is 5.32 Å². The molecule has 2 heterocycles. The van der Waals surface area contributed by atoms with Crippen molar-refractivity contribution in [3.05, 3.63) is 58.6 Å². The van der Waals surface area contributed by atoms with Crippen LogP contribution in [0.15, 0.2) is 48.5 Å². The number of benzene rings is 2. The summed E-state index contributed by atoms with van der Waals surface area (Å²) in [7, 11) is 0. The van der Waals surface area contributed by atoms with E-state index < -0.39 is 6.04 Å². The van der Waals surface area contributed by atoms with Crippen LogP contribution in [0.25, 0.3) is 11.4 Å². The highest BCUT2D eigenvalue weighted by Crippen LogP contribution is 2.29. The summed E-state index contributed by atoms with van der Waals surface area (Å²) in [6, 6.07) is 13.0. The molecule has 0 saturated heterocycles. The molecule has 2 amide bonds. The summed E-state index contributed by atoms with van der Waals surface area (Å²) < 4.78 is 1.44. The lowest BCUT2D eigenvalue weighted by Gasteiger charge is -2.10. The molecular formula is C18H13Cl2N5O2. The van der Waals surface area contributed by atoms with Gasteiger partial charge in [-0.3, -0.25) is 14.9 Å². The third-order valence-corrected chi connectivity index (χ3v) is 4.58. The summed E-state index contributed by atoms with van der Waals surface area (Å²) in [5, 5.41) is 10.9. The summed E-state index contributed by atoms with van der Waals surface area (Å²) in [4.78, 5) is 28.8. The van der Waals surface area contributed by atoms with Gasteiger partial charge >= 0.3 is 0 Å². The molecule has 0 radical (unpaired) electrons. The number of nitrogens with zero attached hydrogens (tertiary/aromatic N) is 3. The molecule has 136 valence electrons. The minimum atomic E-state index is -0.763. The Hall–Kier alpha value is -2.90. The SMILES string of the molecule is O=C(C[C@@H]1C(=O)Nc2nc(-c3ccc(Cl)cc3)nn21)Nc1ccc(Cl)cc1. The maximum atomic E-state index is 12.3. The van der Waals surface area contributed by atoms with Gasteiger partial charge in [-0.25, -0.2) is 4.68 Å². The molecule has 0 unspecified atom stereocenters. The summed E-state index contributed by atoms with van der Waals surface area (Å²) in [5.41, 5.74) is 1.36. The van der Waals surface area contributed by atoms with E-state index in [2.05, 4.69) is 20.7 Å². The van der Waals surface area contributed by atoms with Crippen LogP contribution >= 0.6 is 23.2 Å². The molecular weight excluding hydrogens is 389 g/mol. The zero-order valence-corrected chi connectivity index (χ0v) is 15.3. The normalized spacial score (nSPS) is 15.3. The largest absolute Gasteiger partial charge is 0.326 e. The van der Waals surface area contributed by atoms with Gasteiger partial charge in [-0.1, -0.05) is 23.2 Å². The molecule has 2 N–H and O–H groups in total. The zero-order valence-electron chi connectivity index (χ0n) is 13.8. The molecule has 2 aromatic carbocycles. The van der Waals surface area contributed by atoms with E-state index >= 15 is 0 Å². The second kappa shape index (κ2) is 7.02. The van der Waals surface area contributed by atoms with E-state index in [0.29, 0.717) is 27.5 Å². The molecule has 1 aliphatic heterocycles. The summed E-state index contributed by atoms with van der Waals surface area (Å²) >= 11 is 11.7. The molecule has 0 bridgehead atoms. The van der Waals surface area contributed by atoms with Crippen molar-refractivity contribution in [2.24, 2.45) is 0 Å². The lowest BCUT2D eigenvalue weighted by molar-refractivity contribution is -0.123. The number of carbonyl (C=O) groups excluding carboxylic acids is 2. The van der Waals surface area contributed by atoms with E-state index in [4.69, 9.17) is 23.2 Å². The second-order valence-corrected chi connectivity index (χ2v) is 6.85. The van der Waals surface area contributed by atoms with E-state index in [1.165, 1.54) is 4.68 Å². The highest BCUT2D eigenvalue weighted by Gasteiger charge is 2.35. The minimum absolute atomic E-state index is 0.0646. The van der Waals surface area contributed by atoms with E-state index in [1.54, 1.807) is 48.5 Å². The standard InChI is InChI=1S/C18H13Cl2N5O2/c19-11-3-1-10(2-4-11)16-22-18-23-17(27)14(25(18)24-16)9-15(26)21-13-7-5-12(20)6-8-13/h1-8,14H,9H2,(H,21,26)(H,22,23,24,27)/t14-/m1/s1. The molecule has 3 aromatic rings. The van der Waals surface area contributed by atoms with Crippen LogP contribution in [-0.2, 0) is 9.59 Å². The van der Waals surface area contributed by atoms with Crippen molar-refractivity contribution in [2.75, 3.05) is 10.6 Å². The summed E-state index contributed by atoms with van der Waals surface area (Å²) in [6.45, 7) is 0. The Kier molecular flexibility index (Phi) is 4.55. The maximum absolute atomic E-state index is 12.3. The number of amides is 2. The van der Waals surface area contributed by atoms with Crippen molar-refractivity contribution >= 4 is 46.7 Å². The lowest BCUT2D eigenvalue weighted by atomic mass is 10.2. The number of anilines is 2. The quantitative estimate of drug-likeness (QED) is 0.695. The molecule has 4 rings (SSSR count). The average molecular weight is 402 g/mol. The van der Waals surface area contributed by atoms with Crippen LogP contribution in [-0.4, -0.2) is 26.6 Å². The molecule has 7 nitrogen and oxygen atoms in total. The molecule has 0 saturated carbocycles. The number of halogens is 2. The Balaban J connectivity index is 1.51. The maximum Gasteiger partial charge on any atom is 0.252 e. The topological polar surface area (TPSA) is 88.9 Å². The second-order valence-electron chi connectivity index (χ2n) is 5.97. The zero-order chi connectivity index (χ0) is 19.0. The van der Waals surface area contributed by atoms with E-state index in [1.807, 2.05) is 0 Å². The van der Waals surface area contributed by atoms with Crippen LogP contribution in [0.3, 0.4) is 0 Å². The third kappa shape index (κ3) is 3.65. The van der Waals surface area contributed by atoms with E-state index in [0.717, 1.165) is 5.56 Å². The number of rotatable bonds is 4. The first-order chi connectivity index (χ1) is 13.0. The molecule has 1 aliphatic rings. The fraction of sp³-hybridized carbons (Fsp3) is 0.111. The van der Waals surface area contributed by atoms with Gasteiger partial charge in [-0.2, -0.15) is 4.98 Å². The smallest absolute Gasteiger partial charge is 0.252 e. The first-order valence-electron chi connectivity index (χ1n) is 8.08. The Morgan fingerprint density at radius 1 is 1.07 bits per heavy atom. The number of nitrogens with one attached hydrogen (secondary N) is 2. The Labute approximate surface area is 164 Å². The van der Waals surface area contributed by atoms with Gasteiger partial charge in [0.15, 0.2) is 5.82 Å². The van der Waals surface area contributed by atoms with Gasteiger partial charge in [-0.15, -0.1) is 5.10 Å². The van der Waals surface area contributed by atoms with Crippen LogP contribution in [0.4, 0.5) is 11.6 Å². The van der Waals surface area contributed by atoms with Crippen molar-refractivity contribution < 1.29 is 9.59 Å². The molecule has 1 aromatic heterocycles.